The van der Waals surface area contributed by atoms with Gasteiger partial charge in [0, 0.05) is 7.05 Å². The van der Waals surface area contributed by atoms with Crippen LogP contribution in [0.5, 0.6) is 0 Å². The number of amides is 1. The zero-order valence-corrected chi connectivity index (χ0v) is 18.6. The molecule has 4 N–H and O–H groups in total. The van der Waals surface area contributed by atoms with Crippen LogP contribution in [0.15, 0.2) is 45.8 Å². The highest BCUT2D eigenvalue weighted by Gasteiger charge is 2.10. The Hall–Kier alpha value is -2.03. The van der Waals surface area contributed by atoms with Crippen LogP contribution in [0.2, 0.25) is 0 Å². The van der Waals surface area contributed by atoms with E-state index in [4.69, 9.17) is 10.2 Å². The van der Waals surface area contributed by atoms with Gasteiger partial charge in [0.15, 0.2) is 11.7 Å². The summed E-state index contributed by atoms with van der Waals surface area (Å²) in [4.78, 5) is 15.3. The average Bonchev–Trinajstić information content (AvgIpc) is 3.08. The van der Waals surface area contributed by atoms with Crippen LogP contribution in [0, 0.1) is 5.92 Å². The maximum atomic E-state index is 11.1. The molecule has 0 aliphatic rings. The number of rotatable bonds is 7. The van der Waals surface area contributed by atoms with Crippen molar-refractivity contribution in [1.82, 2.24) is 10.6 Å². The van der Waals surface area contributed by atoms with Gasteiger partial charge in [0.05, 0.1) is 12.6 Å². The summed E-state index contributed by atoms with van der Waals surface area (Å²) in [6.07, 6.45) is 1.09. The van der Waals surface area contributed by atoms with E-state index in [2.05, 4.69) is 60.7 Å². The number of primary amides is 1. The van der Waals surface area contributed by atoms with E-state index in [0.29, 0.717) is 24.2 Å². The van der Waals surface area contributed by atoms with Gasteiger partial charge in [-0.1, -0.05) is 38.1 Å². The van der Waals surface area contributed by atoms with E-state index in [1.807, 2.05) is 0 Å². The number of carbonyl (C=O) groups is 1. The Morgan fingerprint density at radius 2 is 1.81 bits per heavy atom. The molecule has 0 saturated heterocycles. The van der Waals surface area contributed by atoms with E-state index in [0.717, 1.165) is 6.42 Å². The van der Waals surface area contributed by atoms with Gasteiger partial charge in [0.2, 0.25) is 0 Å². The van der Waals surface area contributed by atoms with Gasteiger partial charge in [0.1, 0.15) is 5.76 Å². The Morgan fingerprint density at radius 1 is 1.15 bits per heavy atom. The van der Waals surface area contributed by atoms with Crippen molar-refractivity contribution in [3.05, 3.63) is 59.0 Å². The Morgan fingerprint density at radius 3 is 2.33 bits per heavy atom. The molecule has 0 aliphatic heterocycles. The molecule has 2 aromatic rings. The number of nitrogens with one attached hydrogen (secondary N) is 2. The van der Waals surface area contributed by atoms with Crippen LogP contribution in [-0.4, -0.2) is 18.9 Å². The summed E-state index contributed by atoms with van der Waals surface area (Å²) in [5.41, 5.74) is 7.73. The number of nitrogens with two attached hydrogens (primary N) is 1. The monoisotopic (exact) mass is 484 g/mol. The smallest absolute Gasteiger partial charge is 0.284 e. The molecule has 1 aromatic carbocycles. The zero-order valence-electron chi connectivity index (χ0n) is 16.3. The first-order valence-corrected chi connectivity index (χ1v) is 8.83. The SMILES string of the molecule is CN=C(NCc1ccc(C(N)=O)o1)NC(C)c1ccc(CC(C)C)cc1.I. The van der Waals surface area contributed by atoms with Gasteiger partial charge < -0.3 is 20.8 Å². The molecule has 1 aromatic heterocycles. The fourth-order valence-electron chi connectivity index (χ4n) is 2.67. The molecule has 0 bridgehead atoms. The van der Waals surface area contributed by atoms with E-state index >= 15 is 0 Å². The molecule has 1 amide bonds. The number of aliphatic imine (C=N–C) groups is 1. The molecule has 7 heteroatoms. The number of halogens is 1. The zero-order chi connectivity index (χ0) is 19.1. The summed E-state index contributed by atoms with van der Waals surface area (Å²) < 4.78 is 5.35. The second kappa shape index (κ2) is 11.0. The van der Waals surface area contributed by atoms with Crippen LogP contribution in [0.1, 0.15) is 54.3 Å². The molecule has 2 rings (SSSR count). The third kappa shape index (κ3) is 7.24. The van der Waals surface area contributed by atoms with Crippen LogP contribution < -0.4 is 16.4 Å². The fraction of sp³-hybridized carbons (Fsp3) is 0.400. The molecule has 1 heterocycles. The van der Waals surface area contributed by atoms with Crippen molar-refractivity contribution in [3.8, 4) is 0 Å². The van der Waals surface area contributed by atoms with Crippen molar-refractivity contribution in [2.45, 2.75) is 39.8 Å². The van der Waals surface area contributed by atoms with Crippen LogP contribution in [0.25, 0.3) is 0 Å². The highest BCUT2D eigenvalue weighted by atomic mass is 127. The predicted octanol–water partition coefficient (Wildman–Crippen LogP) is 3.62. The van der Waals surface area contributed by atoms with E-state index in [1.165, 1.54) is 11.1 Å². The molecule has 1 atom stereocenters. The van der Waals surface area contributed by atoms with Crippen molar-refractivity contribution in [2.75, 3.05) is 7.05 Å². The second-order valence-corrected chi connectivity index (χ2v) is 6.76. The third-order valence-electron chi connectivity index (χ3n) is 4.04. The summed E-state index contributed by atoms with van der Waals surface area (Å²) in [5, 5.41) is 6.52. The van der Waals surface area contributed by atoms with Crippen LogP contribution in [-0.2, 0) is 13.0 Å². The first-order valence-electron chi connectivity index (χ1n) is 8.83. The lowest BCUT2D eigenvalue weighted by molar-refractivity contribution is 0.0972. The van der Waals surface area contributed by atoms with E-state index in [-0.39, 0.29) is 35.8 Å². The molecule has 27 heavy (non-hydrogen) atoms. The number of benzene rings is 1. The summed E-state index contributed by atoms with van der Waals surface area (Å²) in [6, 6.07) is 12.0. The quantitative estimate of drug-likeness (QED) is 0.318. The largest absolute Gasteiger partial charge is 0.454 e. The molecule has 0 saturated carbocycles. The van der Waals surface area contributed by atoms with Gasteiger partial charge in [0.25, 0.3) is 5.91 Å². The Labute approximate surface area is 178 Å². The predicted molar refractivity (Wildman–Crippen MR) is 119 cm³/mol. The van der Waals surface area contributed by atoms with Gasteiger partial charge in [-0.25, -0.2) is 0 Å². The molecule has 0 fully saturated rings. The molecule has 1 unspecified atom stereocenters. The number of guanidine groups is 1. The lowest BCUT2D eigenvalue weighted by Gasteiger charge is -2.18. The van der Waals surface area contributed by atoms with Crippen LogP contribution in [0.4, 0.5) is 0 Å². The van der Waals surface area contributed by atoms with E-state index in [9.17, 15) is 4.79 Å². The van der Waals surface area contributed by atoms with Gasteiger partial charge >= 0.3 is 0 Å². The number of hydrogen-bond donors (Lipinski definition) is 3. The average molecular weight is 484 g/mol. The van der Waals surface area contributed by atoms with Gasteiger partial charge in [-0.15, -0.1) is 24.0 Å². The Kier molecular flexibility index (Phi) is 9.34. The minimum Gasteiger partial charge on any atom is -0.454 e. The second-order valence-electron chi connectivity index (χ2n) is 6.76. The maximum Gasteiger partial charge on any atom is 0.284 e. The van der Waals surface area contributed by atoms with Gasteiger partial charge in [-0.2, -0.15) is 0 Å². The minimum absolute atomic E-state index is 0. The summed E-state index contributed by atoms with van der Waals surface area (Å²) >= 11 is 0. The Bertz CT molecular complexity index is 754. The van der Waals surface area contributed by atoms with Crippen LogP contribution >= 0.6 is 24.0 Å². The summed E-state index contributed by atoms with van der Waals surface area (Å²) in [5.74, 6) is 1.50. The van der Waals surface area contributed by atoms with Crippen molar-refractivity contribution < 1.29 is 9.21 Å². The molecule has 0 spiro atoms. The molecular weight excluding hydrogens is 455 g/mol. The number of furan rings is 1. The first kappa shape index (κ1) is 23.0. The normalized spacial score (nSPS) is 12.4. The molecule has 0 radical (unpaired) electrons. The van der Waals surface area contributed by atoms with Crippen molar-refractivity contribution in [3.63, 3.8) is 0 Å². The maximum absolute atomic E-state index is 11.1. The number of nitrogens with zero attached hydrogens (tertiary/aromatic N) is 1. The van der Waals surface area contributed by atoms with E-state index in [1.54, 1.807) is 19.2 Å². The van der Waals surface area contributed by atoms with E-state index < -0.39 is 5.91 Å². The molecule has 148 valence electrons. The van der Waals surface area contributed by atoms with Crippen molar-refractivity contribution in [2.24, 2.45) is 16.6 Å². The first-order chi connectivity index (χ1) is 12.4. The fourth-order valence-corrected chi connectivity index (χ4v) is 2.67. The van der Waals surface area contributed by atoms with Crippen molar-refractivity contribution >= 4 is 35.8 Å². The minimum atomic E-state index is -0.576. The third-order valence-corrected chi connectivity index (χ3v) is 4.04. The lowest BCUT2D eigenvalue weighted by atomic mass is 10.00. The highest BCUT2D eigenvalue weighted by Crippen LogP contribution is 2.15. The standard InChI is InChI=1S/C20H28N4O2.HI/c1-13(2)11-15-5-7-16(8-6-15)14(3)24-20(22-4)23-12-17-9-10-18(26-17)19(21)25;/h5-10,13-14H,11-12H2,1-4H3,(H2,21,25)(H2,22,23,24);1H. The van der Waals surface area contributed by atoms with Gasteiger partial charge in [-0.3, -0.25) is 9.79 Å². The lowest BCUT2D eigenvalue weighted by Crippen LogP contribution is -2.38. The highest BCUT2D eigenvalue weighted by molar-refractivity contribution is 14.0. The topological polar surface area (TPSA) is 92.6 Å². The molecular formula is C20H29IN4O2. The summed E-state index contributed by atoms with van der Waals surface area (Å²) in [6.45, 7) is 6.94. The van der Waals surface area contributed by atoms with Crippen molar-refractivity contribution in [1.29, 1.82) is 0 Å². The number of hydrogen-bond acceptors (Lipinski definition) is 3. The Balaban J connectivity index is 0.00000364. The molecule has 6 nitrogen and oxygen atoms in total. The summed E-state index contributed by atoms with van der Waals surface area (Å²) in [7, 11) is 1.71. The van der Waals surface area contributed by atoms with Crippen LogP contribution in [0.3, 0.4) is 0 Å². The van der Waals surface area contributed by atoms with Gasteiger partial charge in [-0.05, 0) is 42.5 Å². The number of carbonyl (C=O) groups excluding carboxylic acids is 1. The molecule has 0 aliphatic carbocycles.